The number of hydrogen-bond donors (Lipinski definition) is 0. The van der Waals surface area contributed by atoms with Crippen molar-refractivity contribution >= 4 is 34.2 Å². The predicted molar refractivity (Wildman–Crippen MR) is 108 cm³/mol. The van der Waals surface area contributed by atoms with Crippen LogP contribution in [0.15, 0.2) is 29.4 Å². The first kappa shape index (κ1) is 18.2. The summed E-state index contributed by atoms with van der Waals surface area (Å²) in [6.07, 6.45) is 5.94. The van der Waals surface area contributed by atoms with Crippen LogP contribution < -0.4 is 0 Å². The minimum Gasteiger partial charge on any atom is -0.342 e. The summed E-state index contributed by atoms with van der Waals surface area (Å²) in [6.45, 7) is 3.83. The molecule has 27 heavy (non-hydrogen) atoms. The Kier molecular flexibility index (Phi) is 5.04. The number of aryl methyl sites for hydroxylation is 1. The Balaban J connectivity index is 1.62. The van der Waals surface area contributed by atoms with E-state index in [1.54, 1.807) is 4.52 Å². The lowest BCUT2D eigenvalue weighted by Crippen LogP contribution is -2.42. The highest BCUT2D eigenvalue weighted by molar-refractivity contribution is 8.00. The lowest BCUT2D eigenvalue weighted by molar-refractivity contribution is -0.131. The van der Waals surface area contributed by atoms with E-state index in [0.717, 1.165) is 29.4 Å². The van der Waals surface area contributed by atoms with Gasteiger partial charge >= 0.3 is 0 Å². The molecule has 0 N–H and O–H groups in total. The summed E-state index contributed by atoms with van der Waals surface area (Å²) in [5, 5.41) is 5.97. The van der Waals surface area contributed by atoms with Crippen LogP contribution in [-0.2, 0) is 4.79 Å². The van der Waals surface area contributed by atoms with E-state index < -0.39 is 0 Å². The highest BCUT2D eigenvalue weighted by Crippen LogP contribution is 2.29. The zero-order valence-electron chi connectivity index (χ0n) is 16.1. The van der Waals surface area contributed by atoms with Crippen molar-refractivity contribution in [1.29, 1.82) is 0 Å². The van der Waals surface area contributed by atoms with Crippen molar-refractivity contribution in [3.05, 3.63) is 30.1 Å². The van der Waals surface area contributed by atoms with E-state index in [9.17, 15) is 4.79 Å². The normalized spacial score (nSPS) is 16.7. The van der Waals surface area contributed by atoms with Crippen LogP contribution in [0, 0.1) is 6.92 Å². The Morgan fingerprint density at radius 1 is 1.22 bits per heavy atom. The van der Waals surface area contributed by atoms with Gasteiger partial charge in [0, 0.05) is 18.5 Å². The molecule has 7 heteroatoms. The first-order valence-corrected chi connectivity index (χ1v) is 10.5. The number of fused-ring (bicyclic) bond motifs is 3. The molecule has 1 amide bonds. The summed E-state index contributed by atoms with van der Waals surface area (Å²) >= 11 is 1.46. The third-order valence-corrected chi connectivity index (χ3v) is 6.39. The molecule has 1 aliphatic carbocycles. The molecule has 1 aromatic carbocycles. The van der Waals surface area contributed by atoms with Gasteiger partial charge in [-0.1, -0.05) is 43.2 Å². The fourth-order valence-corrected chi connectivity index (χ4v) is 4.81. The number of benzene rings is 1. The van der Waals surface area contributed by atoms with Gasteiger partial charge in [-0.2, -0.15) is 4.52 Å². The maximum absolute atomic E-state index is 13.0. The zero-order chi connectivity index (χ0) is 19.0. The van der Waals surface area contributed by atoms with Gasteiger partial charge < -0.3 is 4.90 Å². The standard InChI is InChI=1S/C20H25N5OS/c1-13(19(26)24(3)15-9-5-4-6-10-15)27-20-22-17-12-8-7-11-16(17)18-21-14(2)23-25(18)20/h7-8,11-13,15H,4-6,9-10H2,1-3H3. The molecule has 1 fully saturated rings. The summed E-state index contributed by atoms with van der Waals surface area (Å²) in [4.78, 5) is 24.3. The number of carbonyl (C=O) groups excluding carboxylic acids is 1. The van der Waals surface area contributed by atoms with Crippen LogP contribution >= 0.6 is 11.8 Å². The minimum absolute atomic E-state index is 0.159. The number of rotatable bonds is 4. The number of aromatic nitrogens is 4. The Labute approximate surface area is 163 Å². The van der Waals surface area contributed by atoms with Crippen molar-refractivity contribution in [2.24, 2.45) is 0 Å². The summed E-state index contributed by atoms with van der Waals surface area (Å²) in [7, 11) is 1.94. The second-order valence-electron chi connectivity index (χ2n) is 7.31. The molecule has 1 atom stereocenters. The molecule has 3 aromatic rings. The van der Waals surface area contributed by atoms with Crippen molar-refractivity contribution in [3.8, 4) is 0 Å². The molecule has 2 aromatic heterocycles. The Morgan fingerprint density at radius 3 is 2.74 bits per heavy atom. The fraction of sp³-hybridized carbons (Fsp3) is 0.500. The van der Waals surface area contributed by atoms with Crippen molar-refractivity contribution in [1.82, 2.24) is 24.5 Å². The topological polar surface area (TPSA) is 63.4 Å². The molecular weight excluding hydrogens is 358 g/mol. The summed E-state index contributed by atoms with van der Waals surface area (Å²) in [6, 6.07) is 8.30. The van der Waals surface area contributed by atoms with Gasteiger partial charge in [0.05, 0.1) is 10.8 Å². The smallest absolute Gasteiger partial charge is 0.235 e. The lowest BCUT2D eigenvalue weighted by atomic mass is 9.94. The molecule has 1 aliphatic rings. The third-order valence-electron chi connectivity index (χ3n) is 5.36. The van der Waals surface area contributed by atoms with Crippen LogP contribution in [0.2, 0.25) is 0 Å². The summed E-state index contributed by atoms with van der Waals surface area (Å²) < 4.78 is 1.77. The van der Waals surface area contributed by atoms with E-state index in [2.05, 4.69) is 10.1 Å². The van der Waals surface area contributed by atoms with Gasteiger partial charge in [-0.25, -0.2) is 9.97 Å². The highest BCUT2D eigenvalue weighted by atomic mass is 32.2. The number of carbonyl (C=O) groups is 1. The predicted octanol–water partition coefficient (Wildman–Crippen LogP) is 3.86. The molecule has 142 valence electrons. The van der Waals surface area contributed by atoms with E-state index in [-0.39, 0.29) is 11.2 Å². The Bertz CT molecular complexity index is 979. The van der Waals surface area contributed by atoms with E-state index >= 15 is 0 Å². The second kappa shape index (κ2) is 7.46. The molecule has 0 radical (unpaired) electrons. The molecule has 6 nitrogen and oxygen atoms in total. The van der Waals surface area contributed by atoms with E-state index in [4.69, 9.17) is 4.98 Å². The van der Waals surface area contributed by atoms with E-state index in [1.807, 2.05) is 50.1 Å². The monoisotopic (exact) mass is 383 g/mol. The summed E-state index contributed by atoms with van der Waals surface area (Å²) in [5.41, 5.74) is 1.67. The zero-order valence-corrected chi connectivity index (χ0v) is 16.9. The van der Waals surface area contributed by atoms with Gasteiger partial charge in [0.1, 0.15) is 5.82 Å². The molecule has 0 saturated heterocycles. The number of nitrogens with zero attached hydrogens (tertiary/aromatic N) is 5. The molecule has 0 bridgehead atoms. The maximum atomic E-state index is 13.0. The lowest BCUT2D eigenvalue weighted by Gasteiger charge is -2.32. The van der Waals surface area contributed by atoms with Crippen LogP contribution in [0.25, 0.3) is 16.6 Å². The van der Waals surface area contributed by atoms with Crippen molar-refractivity contribution in [3.63, 3.8) is 0 Å². The van der Waals surface area contributed by atoms with Gasteiger partial charge in [0.25, 0.3) is 0 Å². The van der Waals surface area contributed by atoms with Crippen LogP contribution in [0.3, 0.4) is 0 Å². The molecular formula is C20H25N5OS. The minimum atomic E-state index is -0.224. The van der Waals surface area contributed by atoms with Gasteiger partial charge in [-0.3, -0.25) is 4.79 Å². The first-order valence-electron chi connectivity index (χ1n) is 9.60. The van der Waals surface area contributed by atoms with Gasteiger partial charge in [-0.05, 0) is 38.8 Å². The van der Waals surface area contributed by atoms with Crippen molar-refractivity contribution < 1.29 is 4.79 Å². The van der Waals surface area contributed by atoms with Crippen LogP contribution in [-0.4, -0.2) is 48.7 Å². The second-order valence-corrected chi connectivity index (χ2v) is 8.61. The highest BCUT2D eigenvalue weighted by Gasteiger charge is 2.27. The molecule has 1 saturated carbocycles. The molecule has 4 rings (SSSR count). The van der Waals surface area contributed by atoms with E-state index in [0.29, 0.717) is 17.0 Å². The molecule has 2 heterocycles. The van der Waals surface area contributed by atoms with Crippen LogP contribution in [0.4, 0.5) is 0 Å². The Morgan fingerprint density at radius 2 is 1.96 bits per heavy atom. The van der Waals surface area contributed by atoms with E-state index in [1.165, 1.54) is 31.0 Å². The number of para-hydroxylation sites is 1. The quantitative estimate of drug-likeness (QED) is 0.506. The number of amides is 1. The molecule has 0 aliphatic heterocycles. The van der Waals surface area contributed by atoms with Gasteiger partial charge in [0.15, 0.2) is 10.8 Å². The van der Waals surface area contributed by atoms with Crippen LogP contribution in [0.5, 0.6) is 0 Å². The average Bonchev–Trinajstić information content (AvgIpc) is 3.09. The molecule has 0 spiro atoms. The van der Waals surface area contributed by atoms with Gasteiger partial charge in [-0.15, -0.1) is 5.10 Å². The fourth-order valence-electron chi connectivity index (χ4n) is 3.85. The number of hydrogen-bond acceptors (Lipinski definition) is 5. The molecule has 1 unspecified atom stereocenters. The average molecular weight is 384 g/mol. The maximum Gasteiger partial charge on any atom is 0.235 e. The van der Waals surface area contributed by atoms with Crippen molar-refractivity contribution in [2.45, 2.75) is 62.4 Å². The Hall–Kier alpha value is -2.15. The van der Waals surface area contributed by atoms with Crippen LogP contribution in [0.1, 0.15) is 44.9 Å². The van der Waals surface area contributed by atoms with Crippen molar-refractivity contribution in [2.75, 3.05) is 7.05 Å². The summed E-state index contributed by atoms with van der Waals surface area (Å²) in [5.74, 6) is 0.861. The largest absolute Gasteiger partial charge is 0.342 e. The first-order chi connectivity index (χ1) is 13.0. The third kappa shape index (κ3) is 3.52. The number of thioether (sulfide) groups is 1. The SMILES string of the molecule is Cc1nc2c3ccccc3nc(SC(C)C(=O)N(C)C3CCCCC3)n2n1. The van der Waals surface area contributed by atoms with Gasteiger partial charge in [0.2, 0.25) is 5.91 Å².